The molecule has 2 aromatic carbocycles. The van der Waals surface area contributed by atoms with Crippen molar-refractivity contribution in [3.8, 4) is 11.3 Å². The van der Waals surface area contributed by atoms with Gasteiger partial charge in [0.2, 0.25) is 17.8 Å². The van der Waals surface area contributed by atoms with Crippen LogP contribution in [0.25, 0.3) is 11.3 Å². The smallest absolute Gasteiger partial charge is 0.227 e. The van der Waals surface area contributed by atoms with Crippen LogP contribution in [0.1, 0.15) is 39.0 Å². The summed E-state index contributed by atoms with van der Waals surface area (Å²) in [5, 5.41) is 6.06. The molecule has 0 radical (unpaired) electrons. The molecule has 1 aliphatic heterocycles. The van der Waals surface area contributed by atoms with Crippen LogP contribution in [0.15, 0.2) is 60.8 Å². The van der Waals surface area contributed by atoms with Gasteiger partial charge in [-0.15, -0.1) is 0 Å². The van der Waals surface area contributed by atoms with Gasteiger partial charge in [-0.2, -0.15) is 0 Å². The summed E-state index contributed by atoms with van der Waals surface area (Å²) < 4.78 is 0. The molecule has 8 nitrogen and oxygen atoms in total. The maximum Gasteiger partial charge on any atom is 0.227 e. The fraction of sp³-hybridized carbons (Fsp3) is 0.379. The molecule has 0 bridgehead atoms. The van der Waals surface area contributed by atoms with Crippen molar-refractivity contribution in [1.82, 2.24) is 14.9 Å². The van der Waals surface area contributed by atoms with Crippen LogP contribution in [-0.2, 0) is 9.59 Å². The first-order valence-corrected chi connectivity index (χ1v) is 13.2. The van der Waals surface area contributed by atoms with Crippen molar-refractivity contribution in [1.29, 1.82) is 0 Å². The number of benzene rings is 2. The second-order valence-corrected chi connectivity index (χ2v) is 9.84. The fourth-order valence-electron chi connectivity index (χ4n) is 5.18. The molecular weight excluding hydrogens is 464 g/mol. The van der Waals surface area contributed by atoms with Gasteiger partial charge < -0.3 is 20.4 Å². The van der Waals surface area contributed by atoms with Crippen LogP contribution in [-0.4, -0.2) is 52.9 Å². The normalized spacial score (nSPS) is 16.4. The molecule has 2 aliphatic rings. The third-order valence-electron chi connectivity index (χ3n) is 7.19. The summed E-state index contributed by atoms with van der Waals surface area (Å²) >= 11 is 0. The molecular formula is C29H34N6O2. The van der Waals surface area contributed by atoms with E-state index >= 15 is 0 Å². The highest BCUT2D eigenvalue weighted by molar-refractivity contribution is 5.89. The lowest BCUT2D eigenvalue weighted by Crippen LogP contribution is -2.50. The fourth-order valence-corrected chi connectivity index (χ4v) is 5.18. The number of carbonyl (C=O) groups excluding carboxylic acids is 2. The molecule has 0 unspecified atom stereocenters. The predicted octanol–water partition coefficient (Wildman–Crippen LogP) is 5.07. The molecule has 0 spiro atoms. The monoisotopic (exact) mass is 498 g/mol. The number of rotatable bonds is 6. The Morgan fingerprint density at radius 3 is 2.19 bits per heavy atom. The number of anilines is 4. The van der Waals surface area contributed by atoms with Crippen molar-refractivity contribution in [3.63, 3.8) is 0 Å². The van der Waals surface area contributed by atoms with Gasteiger partial charge in [0.15, 0.2) is 0 Å². The summed E-state index contributed by atoms with van der Waals surface area (Å²) in [5.41, 5.74) is 4.55. The van der Waals surface area contributed by atoms with Crippen LogP contribution in [0.4, 0.5) is 23.0 Å². The highest BCUT2D eigenvalue weighted by Crippen LogP contribution is 2.27. The van der Waals surface area contributed by atoms with Crippen LogP contribution in [0, 0.1) is 5.92 Å². The zero-order chi connectivity index (χ0) is 25.6. The molecule has 2 fully saturated rings. The molecule has 1 aliphatic carbocycles. The molecule has 1 saturated carbocycles. The Bertz CT molecular complexity index is 1210. The summed E-state index contributed by atoms with van der Waals surface area (Å²) in [5.74, 6) is 1.03. The Morgan fingerprint density at radius 1 is 0.838 bits per heavy atom. The van der Waals surface area contributed by atoms with Gasteiger partial charge in [0.25, 0.3) is 0 Å². The minimum atomic E-state index is -0.0979. The number of hydrogen-bond acceptors (Lipinski definition) is 6. The largest absolute Gasteiger partial charge is 0.368 e. The molecule has 0 atom stereocenters. The first-order chi connectivity index (χ1) is 18.0. The summed E-state index contributed by atoms with van der Waals surface area (Å²) in [6.07, 6.45) is 7.51. The predicted molar refractivity (Wildman–Crippen MR) is 147 cm³/mol. The maximum atomic E-state index is 12.9. The summed E-state index contributed by atoms with van der Waals surface area (Å²) in [6.45, 7) is 4.79. The average Bonchev–Trinajstić information content (AvgIpc) is 2.94. The van der Waals surface area contributed by atoms with Gasteiger partial charge in [-0.3, -0.25) is 9.59 Å². The van der Waals surface area contributed by atoms with Gasteiger partial charge in [0.05, 0.1) is 5.69 Å². The van der Waals surface area contributed by atoms with Gasteiger partial charge in [0.1, 0.15) is 0 Å². The van der Waals surface area contributed by atoms with Crippen LogP contribution >= 0.6 is 0 Å². The molecule has 8 heteroatoms. The molecule has 2 N–H and O–H groups in total. The molecule has 2 heterocycles. The topological polar surface area (TPSA) is 90.5 Å². The third-order valence-corrected chi connectivity index (χ3v) is 7.19. The first-order valence-electron chi connectivity index (χ1n) is 13.2. The number of aromatic nitrogens is 2. The molecule has 1 saturated heterocycles. The van der Waals surface area contributed by atoms with Gasteiger partial charge >= 0.3 is 0 Å². The van der Waals surface area contributed by atoms with Crippen molar-refractivity contribution in [2.75, 3.05) is 41.7 Å². The van der Waals surface area contributed by atoms with E-state index in [0.717, 1.165) is 67.3 Å². The van der Waals surface area contributed by atoms with Crippen molar-refractivity contribution in [2.24, 2.45) is 5.92 Å². The summed E-state index contributed by atoms with van der Waals surface area (Å²) in [6, 6.07) is 17.7. The second kappa shape index (κ2) is 11.4. The van der Waals surface area contributed by atoms with Crippen molar-refractivity contribution in [2.45, 2.75) is 39.0 Å². The zero-order valence-corrected chi connectivity index (χ0v) is 21.3. The molecule has 1 aromatic heterocycles. The number of hydrogen-bond donors (Lipinski definition) is 2. The van der Waals surface area contributed by atoms with E-state index in [4.69, 9.17) is 0 Å². The number of piperazine rings is 1. The van der Waals surface area contributed by atoms with Gasteiger partial charge in [0, 0.05) is 67.8 Å². The van der Waals surface area contributed by atoms with E-state index < -0.39 is 0 Å². The lowest BCUT2D eigenvalue weighted by molar-refractivity contribution is -0.136. The molecule has 2 amide bonds. The van der Waals surface area contributed by atoms with Crippen LogP contribution in [0.3, 0.4) is 0 Å². The highest BCUT2D eigenvalue weighted by Gasteiger charge is 2.28. The quantitative estimate of drug-likeness (QED) is 0.493. The van der Waals surface area contributed by atoms with Gasteiger partial charge in [-0.1, -0.05) is 31.4 Å². The lowest BCUT2D eigenvalue weighted by atomic mass is 9.88. The number of nitrogens with one attached hydrogen (secondary N) is 2. The van der Waals surface area contributed by atoms with Gasteiger partial charge in [-0.25, -0.2) is 9.97 Å². The summed E-state index contributed by atoms with van der Waals surface area (Å²) in [4.78, 5) is 37.5. The summed E-state index contributed by atoms with van der Waals surface area (Å²) in [7, 11) is 0. The van der Waals surface area contributed by atoms with Gasteiger partial charge in [-0.05, 0) is 55.3 Å². The molecule has 37 heavy (non-hydrogen) atoms. The van der Waals surface area contributed by atoms with E-state index in [0.29, 0.717) is 11.9 Å². The Morgan fingerprint density at radius 2 is 1.51 bits per heavy atom. The van der Waals surface area contributed by atoms with Crippen molar-refractivity contribution in [3.05, 3.63) is 60.8 Å². The average molecular weight is 499 g/mol. The minimum absolute atomic E-state index is 0.0979. The first kappa shape index (κ1) is 24.7. The van der Waals surface area contributed by atoms with E-state index in [9.17, 15) is 9.59 Å². The third kappa shape index (κ3) is 6.25. The van der Waals surface area contributed by atoms with E-state index in [-0.39, 0.29) is 11.8 Å². The Kier molecular flexibility index (Phi) is 7.63. The van der Waals surface area contributed by atoms with Crippen molar-refractivity contribution >= 4 is 34.8 Å². The lowest BCUT2D eigenvalue weighted by Gasteiger charge is -2.38. The Labute approximate surface area is 218 Å². The highest BCUT2D eigenvalue weighted by atomic mass is 16.2. The van der Waals surface area contributed by atoms with Crippen LogP contribution < -0.4 is 15.5 Å². The van der Waals surface area contributed by atoms with E-state index in [1.807, 2.05) is 42.5 Å². The Hall–Kier alpha value is -3.94. The Balaban J connectivity index is 1.17. The van der Waals surface area contributed by atoms with Crippen molar-refractivity contribution < 1.29 is 9.59 Å². The number of nitrogens with zero attached hydrogens (tertiary/aromatic N) is 4. The minimum Gasteiger partial charge on any atom is -0.368 e. The van der Waals surface area contributed by atoms with Crippen LogP contribution in [0.5, 0.6) is 0 Å². The molecule has 5 rings (SSSR count). The number of carbonyl (C=O) groups is 2. The SMILES string of the molecule is CC(=O)Nc1ccc(-c2ccnc(Nc3ccc(N4CCN(C(=O)C5CCCCC5)CC4)cc3)n2)cc1. The standard InChI is InChI=1S/C29H34N6O2/c1-21(36)31-24-9-7-22(8-10-24)27-15-16-30-29(33-27)32-25-11-13-26(14-12-25)34-17-19-35(20-18-34)28(37)23-5-3-2-4-6-23/h7-16,23H,2-6,17-20H2,1H3,(H,31,36)(H,30,32,33). The molecule has 192 valence electrons. The van der Waals surface area contributed by atoms with Crippen LogP contribution in [0.2, 0.25) is 0 Å². The van der Waals surface area contributed by atoms with E-state index in [1.54, 1.807) is 6.20 Å². The maximum absolute atomic E-state index is 12.9. The second-order valence-electron chi connectivity index (χ2n) is 9.84. The molecule has 3 aromatic rings. The van der Waals surface area contributed by atoms with E-state index in [1.165, 1.54) is 26.2 Å². The van der Waals surface area contributed by atoms with E-state index in [2.05, 4.69) is 42.5 Å². The zero-order valence-electron chi connectivity index (χ0n) is 21.3. The number of amides is 2.